The second-order valence-electron chi connectivity index (χ2n) is 3.92. The van der Waals surface area contributed by atoms with Crippen LogP contribution in [0.25, 0.3) is 0 Å². The zero-order valence-corrected chi connectivity index (χ0v) is 9.22. The number of anilines is 1. The number of carbonyl (C=O) groups excluding carboxylic acids is 1. The summed E-state index contributed by atoms with van der Waals surface area (Å²) >= 11 is 0. The maximum absolute atomic E-state index is 11.5. The number of benzene rings is 1. The van der Waals surface area contributed by atoms with Crippen LogP contribution in [-0.4, -0.2) is 24.1 Å². The summed E-state index contributed by atoms with van der Waals surface area (Å²) in [6, 6.07) is 6.62. The van der Waals surface area contributed by atoms with Crippen LogP contribution in [-0.2, 0) is 4.79 Å². The summed E-state index contributed by atoms with van der Waals surface area (Å²) in [5.41, 5.74) is 0.626. The molecule has 0 aromatic heterocycles. The molecule has 1 atom stereocenters. The third kappa shape index (κ3) is 2.02. The van der Waals surface area contributed by atoms with E-state index in [1.807, 2.05) is 0 Å². The van der Waals surface area contributed by atoms with Crippen LogP contribution >= 0.6 is 0 Å². The lowest BCUT2D eigenvalue weighted by molar-refractivity contribution is -0.119. The van der Waals surface area contributed by atoms with Gasteiger partial charge in [0, 0.05) is 6.42 Å². The minimum absolute atomic E-state index is 0.110. The van der Waals surface area contributed by atoms with E-state index in [0.29, 0.717) is 12.1 Å². The lowest BCUT2D eigenvalue weighted by atomic mass is 10.2. The Morgan fingerprint density at radius 3 is 2.56 bits per heavy atom. The molecule has 4 heteroatoms. The zero-order chi connectivity index (χ0) is 11.5. The number of ketones is 1. The molecule has 0 spiro atoms. The van der Waals surface area contributed by atoms with E-state index >= 15 is 0 Å². The third-order valence-electron chi connectivity index (χ3n) is 2.90. The van der Waals surface area contributed by atoms with Crippen LogP contribution in [0.15, 0.2) is 24.3 Å². The van der Waals surface area contributed by atoms with Crippen LogP contribution in [0.2, 0.25) is 0 Å². The number of rotatable bonds is 3. The van der Waals surface area contributed by atoms with Crippen molar-refractivity contribution in [1.82, 2.24) is 0 Å². The summed E-state index contributed by atoms with van der Waals surface area (Å²) in [7, 11) is 1.59. The fourth-order valence-corrected chi connectivity index (χ4v) is 1.97. The number of hydrogen-bond donors (Lipinski definition) is 1. The van der Waals surface area contributed by atoms with Gasteiger partial charge in [0.15, 0.2) is 5.78 Å². The molecule has 0 heterocycles. The second-order valence-corrected chi connectivity index (χ2v) is 3.92. The van der Waals surface area contributed by atoms with Crippen molar-refractivity contribution in [3.8, 4) is 5.75 Å². The first-order valence-corrected chi connectivity index (χ1v) is 5.37. The van der Waals surface area contributed by atoms with E-state index in [1.54, 1.807) is 31.4 Å². The first-order valence-electron chi connectivity index (χ1n) is 5.37. The van der Waals surface area contributed by atoms with Gasteiger partial charge < -0.3 is 4.74 Å². The molecular weight excluding hydrogens is 206 g/mol. The standard InChI is InChI=1S/C12H15NO3/c1-16-10-7-5-9(6-8-10)13(15)11-3-2-4-12(11)14/h5-8,11,15H,2-4H2,1H3. The number of ether oxygens (including phenoxy) is 1. The molecule has 1 fully saturated rings. The highest BCUT2D eigenvalue weighted by molar-refractivity contribution is 5.88. The molecule has 1 aromatic rings. The smallest absolute Gasteiger partial charge is 0.157 e. The molecule has 0 amide bonds. The molecule has 1 aromatic carbocycles. The van der Waals surface area contributed by atoms with Crippen LogP contribution in [0.3, 0.4) is 0 Å². The second kappa shape index (κ2) is 4.53. The number of methoxy groups -OCH3 is 1. The Hall–Kier alpha value is -1.55. The minimum atomic E-state index is -0.381. The predicted octanol–water partition coefficient (Wildman–Crippen LogP) is 2.01. The van der Waals surface area contributed by atoms with E-state index in [4.69, 9.17) is 4.74 Å². The summed E-state index contributed by atoms with van der Waals surface area (Å²) in [6.07, 6.45) is 2.15. The monoisotopic (exact) mass is 221 g/mol. The quantitative estimate of drug-likeness (QED) is 0.793. The van der Waals surface area contributed by atoms with Crippen molar-refractivity contribution in [2.24, 2.45) is 0 Å². The molecule has 2 rings (SSSR count). The highest BCUT2D eigenvalue weighted by Gasteiger charge is 2.29. The van der Waals surface area contributed by atoms with Crippen LogP contribution < -0.4 is 9.80 Å². The molecule has 16 heavy (non-hydrogen) atoms. The number of nitrogens with zero attached hydrogens (tertiary/aromatic N) is 1. The van der Waals surface area contributed by atoms with E-state index in [1.165, 1.54) is 0 Å². The third-order valence-corrected chi connectivity index (χ3v) is 2.90. The summed E-state index contributed by atoms with van der Waals surface area (Å²) in [4.78, 5) is 11.5. The van der Waals surface area contributed by atoms with Gasteiger partial charge in [0.05, 0.1) is 12.8 Å². The molecule has 0 bridgehead atoms. The van der Waals surface area contributed by atoms with Crippen molar-refractivity contribution < 1.29 is 14.7 Å². The molecule has 1 unspecified atom stereocenters. The fourth-order valence-electron chi connectivity index (χ4n) is 1.97. The molecule has 1 N–H and O–H groups in total. The summed E-state index contributed by atoms with van der Waals surface area (Å²) < 4.78 is 5.03. The Kier molecular flexibility index (Phi) is 3.10. The summed E-state index contributed by atoms with van der Waals surface area (Å²) in [5, 5.41) is 11.0. The minimum Gasteiger partial charge on any atom is -0.497 e. The molecule has 1 saturated carbocycles. The molecule has 0 radical (unpaired) electrons. The fraction of sp³-hybridized carbons (Fsp3) is 0.417. The van der Waals surface area contributed by atoms with Gasteiger partial charge in [0.2, 0.25) is 0 Å². The Bertz CT molecular complexity index is 374. The summed E-state index contributed by atoms with van der Waals surface area (Å²) in [5.74, 6) is 0.841. The van der Waals surface area contributed by atoms with Crippen molar-refractivity contribution in [2.45, 2.75) is 25.3 Å². The van der Waals surface area contributed by atoms with Gasteiger partial charge in [0.1, 0.15) is 11.8 Å². The Labute approximate surface area is 94.4 Å². The van der Waals surface area contributed by atoms with Gasteiger partial charge in [-0.05, 0) is 37.1 Å². The van der Waals surface area contributed by atoms with Gasteiger partial charge in [-0.1, -0.05) is 0 Å². The molecule has 1 aliphatic carbocycles. The Morgan fingerprint density at radius 2 is 2.06 bits per heavy atom. The molecule has 86 valence electrons. The Balaban J connectivity index is 2.13. The normalized spacial score (nSPS) is 19.9. The van der Waals surface area contributed by atoms with E-state index in [-0.39, 0.29) is 11.8 Å². The predicted molar refractivity (Wildman–Crippen MR) is 59.9 cm³/mol. The van der Waals surface area contributed by atoms with Crippen molar-refractivity contribution >= 4 is 11.5 Å². The van der Waals surface area contributed by atoms with Crippen molar-refractivity contribution in [1.29, 1.82) is 0 Å². The number of hydroxylamine groups is 1. The topological polar surface area (TPSA) is 49.8 Å². The lowest BCUT2D eigenvalue weighted by Crippen LogP contribution is -2.35. The van der Waals surface area contributed by atoms with Crippen LogP contribution in [0, 0.1) is 0 Å². The molecule has 0 aliphatic heterocycles. The molecule has 4 nitrogen and oxygen atoms in total. The van der Waals surface area contributed by atoms with E-state index in [0.717, 1.165) is 23.7 Å². The lowest BCUT2D eigenvalue weighted by Gasteiger charge is -2.22. The van der Waals surface area contributed by atoms with Crippen molar-refractivity contribution in [3.05, 3.63) is 24.3 Å². The van der Waals surface area contributed by atoms with E-state index in [9.17, 15) is 10.0 Å². The first kappa shape index (κ1) is 11.0. The highest BCUT2D eigenvalue weighted by Crippen LogP contribution is 2.25. The van der Waals surface area contributed by atoms with Gasteiger partial charge in [-0.15, -0.1) is 0 Å². The van der Waals surface area contributed by atoms with Crippen molar-refractivity contribution in [3.63, 3.8) is 0 Å². The average Bonchev–Trinajstić information content (AvgIpc) is 2.75. The largest absolute Gasteiger partial charge is 0.497 e. The maximum Gasteiger partial charge on any atom is 0.157 e. The highest BCUT2D eigenvalue weighted by atomic mass is 16.5. The molecule has 0 saturated heterocycles. The SMILES string of the molecule is COc1ccc(N(O)C2CCCC2=O)cc1. The van der Waals surface area contributed by atoms with Crippen LogP contribution in [0.1, 0.15) is 19.3 Å². The maximum atomic E-state index is 11.5. The van der Waals surface area contributed by atoms with Gasteiger partial charge in [-0.25, -0.2) is 5.06 Å². The Morgan fingerprint density at radius 1 is 1.38 bits per heavy atom. The van der Waals surface area contributed by atoms with Gasteiger partial charge in [0.25, 0.3) is 0 Å². The van der Waals surface area contributed by atoms with Crippen LogP contribution in [0.4, 0.5) is 5.69 Å². The van der Waals surface area contributed by atoms with Gasteiger partial charge >= 0.3 is 0 Å². The van der Waals surface area contributed by atoms with E-state index < -0.39 is 0 Å². The first-order chi connectivity index (χ1) is 7.72. The zero-order valence-electron chi connectivity index (χ0n) is 9.22. The van der Waals surface area contributed by atoms with E-state index in [2.05, 4.69) is 0 Å². The molecular formula is C12H15NO3. The number of hydrogen-bond acceptors (Lipinski definition) is 4. The molecule has 1 aliphatic rings. The summed E-state index contributed by atoms with van der Waals surface area (Å²) in [6.45, 7) is 0. The van der Waals surface area contributed by atoms with Crippen molar-refractivity contribution in [2.75, 3.05) is 12.2 Å². The van der Waals surface area contributed by atoms with Gasteiger partial charge in [-0.2, -0.15) is 0 Å². The van der Waals surface area contributed by atoms with Crippen LogP contribution in [0.5, 0.6) is 5.75 Å². The van der Waals surface area contributed by atoms with Gasteiger partial charge in [-0.3, -0.25) is 10.0 Å². The average molecular weight is 221 g/mol. The number of Topliss-reactive ketones (excluding diaryl/α,β-unsaturated/α-hetero) is 1. The number of carbonyl (C=O) groups is 1.